The van der Waals surface area contributed by atoms with Crippen molar-refractivity contribution in [1.29, 1.82) is 0 Å². The Morgan fingerprint density at radius 2 is 1.88 bits per heavy atom. The summed E-state index contributed by atoms with van der Waals surface area (Å²) in [5.74, 6) is -1.41. The number of sulfonamides is 1. The van der Waals surface area contributed by atoms with E-state index in [0.29, 0.717) is 10.6 Å². The third kappa shape index (κ3) is 5.25. The van der Waals surface area contributed by atoms with Gasteiger partial charge in [-0.3, -0.25) is 4.79 Å². The highest BCUT2D eigenvalue weighted by atomic mass is 35.5. The first-order chi connectivity index (χ1) is 12.2. The van der Waals surface area contributed by atoms with E-state index in [0.717, 1.165) is 6.07 Å². The van der Waals surface area contributed by atoms with E-state index in [1.807, 2.05) is 0 Å². The first-order valence-electron chi connectivity index (χ1n) is 7.60. The Morgan fingerprint density at radius 3 is 2.46 bits per heavy atom. The van der Waals surface area contributed by atoms with Gasteiger partial charge in [-0.15, -0.1) is 0 Å². The molecule has 1 atom stereocenters. The maximum Gasteiger partial charge on any atom is 0.255 e. The first-order valence-corrected chi connectivity index (χ1v) is 9.47. The summed E-state index contributed by atoms with van der Waals surface area (Å²) in [5.41, 5.74) is 0.161. The molecule has 0 aliphatic rings. The molecule has 0 aliphatic heterocycles. The van der Waals surface area contributed by atoms with Crippen molar-refractivity contribution in [2.24, 2.45) is 0 Å². The first kappa shape index (κ1) is 20.3. The van der Waals surface area contributed by atoms with Crippen molar-refractivity contribution in [1.82, 2.24) is 4.72 Å². The molecule has 26 heavy (non-hydrogen) atoms. The lowest BCUT2D eigenvalue weighted by molar-refractivity contribution is 0.102. The van der Waals surface area contributed by atoms with Crippen LogP contribution in [-0.4, -0.2) is 34.1 Å². The summed E-state index contributed by atoms with van der Waals surface area (Å²) < 4.78 is 45.9. The zero-order chi connectivity index (χ0) is 19.3. The standard InChI is InChI=1S/C17H18ClFN2O4S/c1-11(10-25-2)21-26(23,24)14-7-8-16(15(19)9-14)20-17(22)12-3-5-13(18)6-4-12/h3-9,11,21H,10H2,1-2H3,(H,20,22)/t11-/m0/s1. The van der Waals surface area contributed by atoms with Crippen LogP contribution in [0.25, 0.3) is 0 Å². The fourth-order valence-corrected chi connectivity index (χ4v) is 3.54. The maximum atomic E-state index is 14.3. The predicted molar refractivity (Wildman–Crippen MR) is 97.5 cm³/mol. The van der Waals surface area contributed by atoms with Crippen molar-refractivity contribution in [3.8, 4) is 0 Å². The van der Waals surface area contributed by atoms with Gasteiger partial charge >= 0.3 is 0 Å². The molecule has 140 valence electrons. The number of hydrogen-bond acceptors (Lipinski definition) is 4. The molecule has 0 spiro atoms. The van der Waals surface area contributed by atoms with Crippen LogP contribution in [0.4, 0.5) is 10.1 Å². The molecule has 0 radical (unpaired) electrons. The summed E-state index contributed by atoms with van der Waals surface area (Å²) in [6.07, 6.45) is 0. The van der Waals surface area contributed by atoms with E-state index in [4.69, 9.17) is 16.3 Å². The van der Waals surface area contributed by atoms with Crippen LogP contribution >= 0.6 is 11.6 Å². The molecule has 2 rings (SSSR count). The average Bonchev–Trinajstić information content (AvgIpc) is 2.56. The highest BCUT2D eigenvalue weighted by molar-refractivity contribution is 7.89. The summed E-state index contributed by atoms with van der Waals surface area (Å²) in [6.45, 7) is 1.80. The molecule has 0 saturated carbocycles. The van der Waals surface area contributed by atoms with Crippen LogP contribution in [0.2, 0.25) is 5.02 Å². The largest absolute Gasteiger partial charge is 0.383 e. The summed E-state index contributed by atoms with van der Waals surface area (Å²) in [5, 5.41) is 2.86. The van der Waals surface area contributed by atoms with Crippen molar-refractivity contribution in [2.45, 2.75) is 17.9 Å². The van der Waals surface area contributed by atoms with Crippen molar-refractivity contribution >= 4 is 33.2 Å². The topological polar surface area (TPSA) is 84.5 Å². The molecule has 6 nitrogen and oxygen atoms in total. The average molecular weight is 401 g/mol. The van der Waals surface area contributed by atoms with E-state index in [1.165, 1.54) is 43.5 Å². The third-order valence-corrected chi connectivity index (χ3v) is 5.22. The van der Waals surface area contributed by atoms with Gasteiger partial charge in [0.2, 0.25) is 10.0 Å². The molecular weight excluding hydrogens is 383 g/mol. The number of halogens is 2. The normalized spacial score (nSPS) is 12.6. The molecule has 9 heteroatoms. The minimum atomic E-state index is -3.90. The Balaban J connectivity index is 2.16. The Morgan fingerprint density at radius 1 is 1.23 bits per heavy atom. The van der Waals surface area contributed by atoms with Gasteiger partial charge in [0.1, 0.15) is 5.82 Å². The Labute approximate surface area is 156 Å². The quantitative estimate of drug-likeness (QED) is 0.748. The molecule has 2 aromatic carbocycles. The number of anilines is 1. The molecule has 2 aromatic rings. The smallest absolute Gasteiger partial charge is 0.255 e. The maximum absolute atomic E-state index is 14.3. The van der Waals surface area contributed by atoms with Gasteiger partial charge in [0.25, 0.3) is 5.91 Å². The van der Waals surface area contributed by atoms with E-state index in [2.05, 4.69) is 10.0 Å². The SMILES string of the molecule is COC[C@H](C)NS(=O)(=O)c1ccc(NC(=O)c2ccc(Cl)cc2)c(F)c1. The number of carbonyl (C=O) groups is 1. The fourth-order valence-electron chi connectivity index (χ4n) is 2.18. The second-order valence-corrected chi connectivity index (χ2v) is 7.73. The molecule has 0 aromatic heterocycles. The summed E-state index contributed by atoms with van der Waals surface area (Å²) >= 11 is 5.76. The lowest BCUT2D eigenvalue weighted by atomic mass is 10.2. The molecule has 0 unspecified atom stereocenters. The second-order valence-electron chi connectivity index (χ2n) is 5.58. The van der Waals surface area contributed by atoms with Crippen LogP contribution < -0.4 is 10.0 Å². The molecule has 1 amide bonds. The number of carbonyl (C=O) groups excluding carboxylic acids is 1. The zero-order valence-corrected chi connectivity index (χ0v) is 15.7. The molecule has 0 aliphatic carbocycles. The van der Waals surface area contributed by atoms with Crippen LogP contribution in [0, 0.1) is 5.82 Å². The van der Waals surface area contributed by atoms with Gasteiger partial charge in [-0.25, -0.2) is 17.5 Å². The minimum Gasteiger partial charge on any atom is -0.383 e. The van der Waals surface area contributed by atoms with Crippen LogP contribution in [0.15, 0.2) is 47.4 Å². The van der Waals surface area contributed by atoms with Gasteiger partial charge in [-0.1, -0.05) is 11.6 Å². The van der Waals surface area contributed by atoms with E-state index in [1.54, 1.807) is 6.92 Å². The Kier molecular flexibility index (Phi) is 6.71. The van der Waals surface area contributed by atoms with Gasteiger partial charge in [0.15, 0.2) is 0 Å². The summed E-state index contributed by atoms with van der Waals surface area (Å²) in [4.78, 5) is 11.9. The number of amides is 1. The number of ether oxygens (including phenoxy) is 1. The van der Waals surface area contributed by atoms with E-state index >= 15 is 0 Å². The Hall–Kier alpha value is -2.00. The number of nitrogens with one attached hydrogen (secondary N) is 2. The number of hydrogen-bond donors (Lipinski definition) is 2. The molecule has 0 saturated heterocycles. The fraction of sp³-hybridized carbons (Fsp3) is 0.235. The minimum absolute atomic E-state index is 0.131. The summed E-state index contributed by atoms with van der Waals surface area (Å²) in [7, 11) is -2.46. The van der Waals surface area contributed by atoms with E-state index in [9.17, 15) is 17.6 Å². The number of benzene rings is 2. The van der Waals surface area contributed by atoms with Crippen molar-refractivity contribution in [3.05, 3.63) is 58.9 Å². The van der Waals surface area contributed by atoms with E-state index in [-0.39, 0.29) is 17.2 Å². The summed E-state index contributed by atoms with van der Waals surface area (Å²) in [6, 6.07) is 8.84. The highest BCUT2D eigenvalue weighted by Crippen LogP contribution is 2.20. The van der Waals surface area contributed by atoms with Crippen LogP contribution in [0.1, 0.15) is 17.3 Å². The van der Waals surface area contributed by atoms with Gasteiger partial charge in [-0.2, -0.15) is 0 Å². The molecule has 0 heterocycles. The highest BCUT2D eigenvalue weighted by Gasteiger charge is 2.19. The van der Waals surface area contributed by atoms with Gasteiger partial charge < -0.3 is 10.1 Å². The van der Waals surface area contributed by atoms with Crippen LogP contribution in [0.3, 0.4) is 0 Å². The van der Waals surface area contributed by atoms with Crippen molar-refractivity contribution in [2.75, 3.05) is 19.0 Å². The zero-order valence-electron chi connectivity index (χ0n) is 14.1. The van der Waals surface area contributed by atoms with E-state index < -0.39 is 27.8 Å². The second kappa shape index (κ2) is 8.59. The van der Waals surface area contributed by atoms with Gasteiger partial charge in [0, 0.05) is 23.7 Å². The van der Waals surface area contributed by atoms with Crippen molar-refractivity contribution in [3.63, 3.8) is 0 Å². The van der Waals surface area contributed by atoms with Crippen LogP contribution in [-0.2, 0) is 14.8 Å². The predicted octanol–water partition coefficient (Wildman–Crippen LogP) is 3.04. The lowest BCUT2D eigenvalue weighted by Gasteiger charge is -2.14. The third-order valence-electron chi connectivity index (χ3n) is 3.38. The van der Waals surface area contributed by atoms with Crippen LogP contribution in [0.5, 0.6) is 0 Å². The van der Waals surface area contributed by atoms with Gasteiger partial charge in [0.05, 0.1) is 17.2 Å². The van der Waals surface area contributed by atoms with Gasteiger partial charge in [-0.05, 0) is 49.4 Å². The number of methoxy groups -OCH3 is 1. The number of rotatable bonds is 7. The lowest BCUT2D eigenvalue weighted by Crippen LogP contribution is -2.35. The Bertz CT molecular complexity index is 888. The molecule has 2 N–H and O–H groups in total. The monoisotopic (exact) mass is 400 g/mol. The molecule has 0 fully saturated rings. The molecular formula is C17H18ClFN2O4S. The molecule has 0 bridgehead atoms. The van der Waals surface area contributed by atoms with Crippen molar-refractivity contribution < 1.29 is 22.3 Å².